The van der Waals surface area contributed by atoms with E-state index in [0.29, 0.717) is 5.75 Å². The summed E-state index contributed by atoms with van der Waals surface area (Å²) in [5.41, 5.74) is 4.82. The summed E-state index contributed by atoms with van der Waals surface area (Å²) in [4.78, 5) is 26.7. The molecule has 1 rings (SSSR count). The maximum absolute atomic E-state index is 12.2. The highest BCUT2D eigenvalue weighted by molar-refractivity contribution is 7.90. The third-order valence-electron chi connectivity index (χ3n) is 3.52. The predicted molar refractivity (Wildman–Crippen MR) is 107 cm³/mol. The summed E-state index contributed by atoms with van der Waals surface area (Å²) >= 11 is 0. The minimum atomic E-state index is -3.92. The van der Waals surface area contributed by atoms with Gasteiger partial charge in [-0.05, 0) is 57.9 Å². The molecule has 0 radical (unpaired) electrons. The molecule has 12 heteroatoms. The molecule has 11 nitrogen and oxygen atoms in total. The van der Waals surface area contributed by atoms with Gasteiger partial charge in [-0.1, -0.05) is 0 Å². The maximum Gasteiger partial charge on any atom is 0.408 e. The number of hydrogen-bond donors (Lipinski definition) is 3. The van der Waals surface area contributed by atoms with Crippen LogP contribution in [-0.4, -0.2) is 51.7 Å². The van der Waals surface area contributed by atoms with E-state index in [9.17, 15) is 23.1 Å². The van der Waals surface area contributed by atoms with Crippen LogP contribution in [-0.2, 0) is 19.6 Å². The Bertz CT molecular complexity index is 862. The number of rotatable bonds is 9. The summed E-state index contributed by atoms with van der Waals surface area (Å²) < 4.78 is 36.6. The quantitative estimate of drug-likeness (QED) is 0.265. The number of aliphatic carboxylic acids is 1. The number of carbonyl (C=O) groups is 2. The van der Waals surface area contributed by atoms with Crippen molar-refractivity contribution < 1.29 is 32.6 Å². The van der Waals surface area contributed by atoms with Gasteiger partial charge in [0, 0.05) is 6.54 Å². The molecule has 1 atom stereocenters. The molecule has 168 valence electrons. The Morgan fingerprint density at radius 3 is 2.33 bits per heavy atom. The van der Waals surface area contributed by atoms with Gasteiger partial charge in [-0.15, -0.1) is 0 Å². The lowest BCUT2D eigenvalue weighted by Crippen LogP contribution is -2.49. The van der Waals surface area contributed by atoms with Crippen molar-refractivity contribution in [3.63, 3.8) is 0 Å². The van der Waals surface area contributed by atoms with E-state index in [4.69, 9.17) is 15.2 Å². The summed E-state index contributed by atoms with van der Waals surface area (Å²) in [6.07, 6.45) is -0.699. The van der Waals surface area contributed by atoms with Crippen molar-refractivity contribution in [2.45, 2.75) is 50.2 Å². The van der Waals surface area contributed by atoms with Crippen molar-refractivity contribution in [1.29, 1.82) is 0 Å². The molecule has 0 saturated carbocycles. The SMILES string of the molecule is COc1ccc(S(=O)(=O)NC(N)=NCCCC(NC(=O)OC(C)(C)C)C(=O)[O-])cc1. The first-order valence-electron chi connectivity index (χ1n) is 9.01. The molecule has 0 spiro atoms. The first-order valence-corrected chi connectivity index (χ1v) is 10.5. The zero-order valence-corrected chi connectivity index (χ0v) is 18.1. The number of carboxylic acid groups (broad SMARTS) is 1. The van der Waals surface area contributed by atoms with E-state index < -0.39 is 33.7 Å². The molecule has 4 N–H and O–H groups in total. The molecule has 0 heterocycles. The Morgan fingerprint density at radius 2 is 1.83 bits per heavy atom. The lowest BCUT2D eigenvalue weighted by molar-refractivity contribution is -0.308. The zero-order valence-electron chi connectivity index (χ0n) is 17.3. The van der Waals surface area contributed by atoms with E-state index >= 15 is 0 Å². The van der Waals surface area contributed by atoms with Crippen LogP contribution in [0.4, 0.5) is 4.79 Å². The summed E-state index contributed by atoms with van der Waals surface area (Å²) in [7, 11) is -2.46. The summed E-state index contributed by atoms with van der Waals surface area (Å²) in [5, 5.41) is 13.4. The highest BCUT2D eigenvalue weighted by Crippen LogP contribution is 2.15. The highest BCUT2D eigenvalue weighted by Gasteiger charge is 2.20. The molecule has 1 aromatic carbocycles. The second kappa shape index (κ2) is 10.7. The van der Waals surface area contributed by atoms with Crippen molar-refractivity contribution in [1.82, 2.24) is 10.0 Å². The van der Waals surface area contributed by atoms with Gasteiger partial charge in [0.1, 0.15) is 11.4 Å². The van der Waals surface area contributed by atoms with E-state index in [1.54, 1.807) is 20.8 Å². The Labute approximate surface area is 175 Å². The van der Waals surface area contributed by atoms with E-state index in [1.807, 2.05) is 0 Å². The molecule has 0 aliphatic carbocycles. The zero-order chi connectivity index (χ0) is 22.9. The van der Waals surface area contributed by atoms with Crippen LogP contribution in [0, 0.1) is 0 Å². The fourth-order valence-electron chi connectivity index (χ4n) is 2.18. The average molecular weight is 444 g/mol. The van der Waals surface area contributed by atoms with Gasteiger partial charge in [0.25, 0.3) is 10.0 Å². The Hall–Kier alpha value is -3.02. The second-order valence-electron chi connectivity index (χ2n) is 7.21. The molecule has 0 aromatic heterocycles. The maximum atomic E-state index is 12.2. The van der Waals surface area contributed by atoms with Crippen LogP contribution in [0.2, 0.25) is 0 Å². The number of amides is 1. The highest BCUT2D eigenvalue weighted by atomic mass is 32.2. The fraction of sp³-hybridized carbons (Fsp3) is 0.500. The smallest absolute Gasteiger partial charge is 0.408 e. The summed E-state index contributed by atoms with van der Waals surface area (Å²) in [6, 6.07) is 4.38. The topological polar surface area (TPSA) is 172 Å². The second-order valence-corrected chi connectivity index (χ2v) is 8.89. The number of guanidine groups is 1. The lowest BCUT2D eigenvalue weighted by atomic mass is 10.1. The normalized spacial score (nSPS) is 13.3. The Morgan fingerprint density at radius 1 is 1.23 bits per heavy atom. The number of hydrogen-bond acceptors (Lipinski definition) is 8. The molecular weight excluding hydrogens is 416 g/mol. The Balaban J connectivity index is 2.58. The van der Waals surface area contributed by atoms with Crippen molar-refractivity contribution in [2.24, 2.45) is 10.7 Å². The third-order valence-corrected chi connectivity index (χ3v) is 4.89. The number of nitrogens with two attached hydrogens (primary N) is 1. The van der Waals surface area contributed by atoms with E-state index in [-0.39, 0.29) is 30.2 Å². The van der Waals surface area contributed by atoms with Crippen molar-refractivity contribution in [2.75, 3.05) is 13.7 Å². The average Bonchev–Trinajstić information content (AvgIpc) is 2.62. The van der Waals surface area contributed by atoms with Gasteiger partial charge in [-0.3, -0.25) is 4.99 Å². The van der Waals surface area contributed by atoms with Gasteiger partial charge in [-0.25, -0.2) is 17.9 Å². The number of sulfonamides is 1. The van der Waals surface area contributed by atoms with Gasteiger partial charge < -0.3 is 30.4 Å². The minimum absolute atomic E-state index is 0.0103. The largest absolute Gasteiger partial charge is 0.548 e. The number of nitrogens with one attached hydrogen (secondary N) is 2. The molecule has 0 aliphatic heterocycles. The van der Waals surface area contributed by atoms with E-state index in [0.717, 1.165) is 0 Å². The molecule has 0 aliphatic rings. The predicted octanol–water partition coefficient (Wildman–Crippen LogP) is -0.288. The lowest BCUT2D eigenvalue weighted by Gasteiger charge is -2.24. The molecule has 30 heavy (non-hydrogen) atoms. The first-order chi connectivity index (χ1) is 13.8. The molecule has 1 unspecified atom stereocenters. The number of benzene rings is 1. The first kappa shape index (κ1) is 25.0. The number of nitrogens with zero attached hydrogens (tertiary/aromatic N) is 1. The van der Waals surface area contributed by atoms with Crippen LogP contribution in [0.25, 0.3) is 0 Å². The van der Waals surface area contributed by atoms with Gasteiger partial charge in [0.15, 0.2) is 0 Å². The van der Waals surface area contributed by atoms with Crippen LogP contribution in [0.5, 0.6) is 5.75 Å². The van der Waals surface area contributed by atoms with Crippen molar-refractivity contribution in [3.8, 4) is 5.75 Å². The number of carboxylic acids is 1. The van der Waals surface area contributed by atoms with Crippen LogP contribution >= 0.6 is 0 Å². The summed E-state index contributed by atoms with van der Waals surface area (Å²) in [5.74, 6) is -1.33. The van der Waals surface area contributed by atoms with Gasteiger partial charge >= 0.3 is 6.09 Å². The minimum Gasteiger partial charge on any atom is -0.548 e. The van der Waals surface area contributed by atoms with Crippen LogP contribution in [0.3, 0.4) is 0 Å². The van der Waals surface area contributed by atoms with Gasteiger partial charge in [0.2, 0.25) is 5.96 Å². The molecule has 0 saturated heterocycles. The molecular formula is C18H27N4O7S-. The van der Waals surface area contributed by atoms with Crippen molar-refractivity contribution >= 4 is 28.0 Å². The number of ether oxygens (including phenoxy) is 2. The molecule has 0 fully saturated rings. The molecule has 1 amide bonds. The number of aliphatic imine (C=N–C) groups is 1. The fourth-order valence-corrected chi connectivity index (χ4v) is 3.13. The van der Waals surface area contributed by atoms with E-state index in [1.165, 1.54) is 31.4 Å². The van der Waals surface area contributed by atoms with Crippen molar-refractivity contribution in [3.05, 3.63) is 24.3 Å². The Kier molecular flexibility index (Phi) is 8.90. The molecule has 0 bridgehead atoms. The summed E-state index contributed by atoms with van der Waals surface area (Å²) in [6.45, 7) is 4.96. The number of methoxy groups -OCH3 is 1. The molecule has 1 aromatic rings. The van der Waals surface area contributed by atoms with Gasteiger partial charge in [0.05, 0.1) is 24.0 Å². The van der Waals surface area contributed by atoms with E-state index in [2.05, 4.69) is 15.0 Å². The monoisotopic (exact) mass is 443 g/mol. The standard InChI is InChI=1S/C18H28N4O7S/c1-18(2,3)29-17(25)21-14(15(23)24)6-5-11-20-16(19)22-30(26,27)13-9-7-12(28-4)8-10-13/h7-10,14H,5-6,11H2,1-4H3,(H,21,25)(H,23,24)(H3,19,20,22)/p-1. The number of carbonyl (C=O) groups excluding carboxylic acids is 2. The van der Waals surface area contributed by atoms with Crippen LogP contribution < -0.4 is 25.6 Å². The third kappa shape index (κ3) is 8.99. The number of alkyl carbamates (subject to hydrolysis) is 1. The van der Waals surface area contributed by atoms with Crippen LogP contribution in [0.15, 0.2) is 34.2 Å². The van der Waals surface area contributed by atoms with Crippen LogP contribution in [0.1, 0.15) is 33.6 Å². The van der Waals surface area contributed by atoms with Gasteiger partial charge in [-0.2, -0.15) is 0 Å².